The number of carboxylic acids is 1. The molecular weight excluding hydrogens is 292 g/mol. The Bertz CT molecular complexity index is 851. The van der Waals surface area contributed by atoms with Crippen molar-refractivity contribution in [2.45, 2.75) is 19.9 Å². The summed E-state index contributed by atoms with van der Waals surface area (Å²) in [7, 11) is -1.93. The molecule has 112 valence electrons. The first-order chi connectivity index (χ1) is 9.85. The SMILES string of the molecule is CCn1cc2c3c(cc(C(=O)O)cc31)N(C)S(=O)(=O)CC2. The van der Waals surface area contributed by atoms with E-state index in [1.165, 1.54) is 17.4 Å². The maximum atomic E-state index is 12.2. The highest BCUT2D eigenvalue weighted by atomic mass is 32.2. The van der Waals surface area contributed by atoms with Crippen LogP contribution < -0.4 is 4.31 Å². The third-order valence-electron chi connectivity index (χ3n) is 4.01. The van der Waals surface area contributed by atoms with Crippen LogP contribution in [0.5, 0.6) is 0 Å². The molecule has 7 heteroatoms. The van der Waals surface area contributed by atoms with Gasteiger partial charge in [0.05, 0.1) is 22.5 Å². The van der Waals surface area contributed by atoms with Crippen LogP contribution in [0.15, 0.2) is 18.3 Å². The number of hydrogen-bond acceptors (Lipinski definition) is 3. The van der Waals surface area contributed by atoms with Crippen molar-refractivity contribution in [1.29, 1.82) is 0 Å². The molecule has 1 aliphatic rings. The second kappa shape index (κ2) is 4.49. The third kappa shape index (κ3) is 1.99. The molecule has 0 radical (unpaired) electrons. The predicted octanol–water partition coefficient (Wildman–Crippen LogP) is 1.68. The molecule has 6 nitrogen and oxygen atoms in total. The van der Waals surface area contributed by atoms with Gasteiger partial charge < -0.3 is 9.67 Å². The van der Waals surface area contributed by atoms with Crippen LogP contribution in [0.1, 0.15) is 22.8 Å². The Morgan fingerprint density at radius 3 is 2.71 bits per heavy atom. The van der Waals surface area contributed by atoms with Gasteiger partial charge in [0, 0.05) is 25.2 Å². The molecule has 1 aromatic heterocycles. The van der Waals surface area contributed by atoms with Crippen molar-refractivity contribution in [3.05, 3.63) is 29.5 Å². The minimum absolute atomic E-state index is 0.0312. The lowest BCUT2D eigenvalue weighted by molar-refractivity contribution is 0.0697. The van der Waals surface area contributed by atoms with Gasteiger partial charge in [-0.05, 0) is 31.0 Å². The largest absolute Gasteiger partial charge is 0.478 e. The highest BCUT2D eigenvalue weighted by Gasteiger charge is 2.28. The van der Waals surface area contributed by atoms with Crippen molar-refractivity contribution < 1.29 is 18.3 Å². The Labute approximate surface area is 122 Å². The first-order valence-corrected chi connectivity index (χ1v) is 8.31. The second-order valence-electron chi connectivity index (χ2n) is 5.17. The van der Waals surface area contributed by atoms with E-state index in [1.54, 1.807) is 6.07 Å². The normalized spacial score (nSPS) is 17.0. The molecule has 0 atom stereocenters. The number of aromatic carboxylic acids is 1. The van der Waals surface area contributed by atoms with Gasteiger partial charge in [0.2, 0.25) is 10.0 Å². The number of benzene rings is 1. The van der Waals surface area contributed by atoms with E-state index in [2.05, 4.69) is 0 Å². The average molecular weight is 308 g/mol. The lowest BCUT2D eigenvalue weighted by Crippen LogP contribution is -2.28. The molecule has 0 bridgehead atoms. The number of rotatable bonds is 2. The van der Waals surface area contributed by atoms with Crippen LogP contribution in [0.2, 0.25) is 0 Å². The van der Waals surface area contributed by atoms with Crippen molar-refractivity contribution in [2.75, 3.05) is 17.1 Å². The van der Waals surface area contributed by atoms with Crippen LogP contribution >= 0.6 is 0 Å². The molecule has 0 unspecified atom stereocenters. The lowest BCUT2D eigenvalue weighted by Gasteiger charge is -2.19. The molecule has 0 saturated carbocycles. The van der Waals surface area contributed by atoms with Gasteiger partial charge in [-0.2, -0.15) is 0 Å². The zero-order valence-corrected chi connectivity index (χ0v) is 12.6. The summed E-state index contributed by atoms with van der Waals surface area (Å²) >= 11 is 0. The molecule has 0 aliphatic carbocycles. The van der Waals surface area contributed by atoms with Crippen molar-refractivity contribution >= 4 is 32.6 Å². The maximum Gasteiger partial charge on any atom is 0.335 e. The van der Waals surface area contributed by atoms with Crippen LogP contribution in [0.25, 0.3) is 10.9 Å². The number of anilines is 1. The first-order valence-electron chi connectivity index (χ1n) is 6.71. The van der Waals surface area contributed by atoms with E-state index in [4.69, 9.17) is 0 Å². The fourth-order valence-corrected chi connectivity index (χ4v) is 4.03. The summed E-state index contributed by atoms with van der Waals surface area (Å²) in [6.07, 6.45) is 2.37. The zero-order valence-electron chi connectivity index (χ0n) is 11.8. The van der Waals surface area contributed by atoms with Crippen LogP contribution in [0.3, 0.4) is 0 Å². The molecule has 21 heavy (non-hydrogen) atoms. The van der Waals surface area contributed by atoms with Gasteiger partial charge in [-0.25, -0.2) is 13.2 Å². The quantitative estimate of drug-likeness (QED) is 0.915. The topological polar surface area (TPSA) is 79.6 Å². The Hall–Kier alpha value is -2.02. The molecule has 1 aliphatic heterocycles. The summed E-state index contributed by atoms with van der Waals surface area (Å²) in [6, 6.07) is 3.05. The molecule has 2 aromatic rings. The van der Waals surface area contributed by atoms with E-state index in [1.807, 2.05) is 17.7 Å². The van der Waals surface area contributed by atoms with Crippen LogP contribution in [-0.2, 0) is 23.0 Å². The number of nitrogens with zero attached hydrogens (tertiary/aromatic N) is 2. The number of sulfonamides is 1. The van der Waals surface area contributed by atoms with E-state index >= 15 is 0 Å². The number of carboxylic acid groups (broad SMARTS) is 1. The molecule has 0 spiro atoms. The number of carbonyl (C=O) groups is 1. The fraction of sp³-hybridized carbons (Fsp3) is 0.357. The first kappa shape index (κ1) is 13.9. The van der Waals surface area contributed by atoms with Crippen molar-refractivity contribution in [3.63, 3.8) is 0 Å². The average Bonchev–Trinajstić information content (AvgIpc) is 2.77. The Morgan fingerprint density at radius 1 is 1.38 bits per heavy atom. The van der Waals surface area contributed by atoms with Crippen LogP contribution in [0, 0.1) is 0 Å². The van der Waals surface area contributed by atoms with E-state index in [0.29, 0.717) is 18.7 Å². The van der Waals surface area contributed by atoms with Crippen molar-refractivity contribution in [3.8, 4) is 0 Å². The fourth-order valence-electron chi connectivity index (χ4n) is 2.84. The van der Waals surface area contributed by atoms with Gasteiger partial charge in [0.15, 0.2) is 0 Å². The zero-order chi connectivity index (χ0) is 15.4. The molecule has 2 heterocycles. The van der Waals surface area contributed by atoms with E-state index in [0.717, 1.165) is 16.5 Å². The highest BCUT2D eigenvalue weighted by Crippen LogP contribution is 2.36. The van der Waals surface area contributed by atoms with Gasteiger partial charge in [-0.1, -0.05) is 0 Å². The van der Waals surface area contributed by atoms with Gasteiger partial charge >= 0.3 is 5.97 Å². The van der Waals surface area contributed by atoms with Gasteiger partial charge in [-0.3, -0.25) is 4.31 Å². The summed E-state index contributed by atoms with van der Waals surface area (Å²) < 4.78 is 27.6. The minimum atomic E-state index is -3.41. The molecule has 0 saturated heterocycles. The molecule has 0 fully saturated rings. The second-order valence-corrected chi connectivity index (χ2v) is 7.29. The summed E-state index contributed by atoms with van der Waals surface area (Å²) in [5.74, 6) is -1.03. The van der Waals surface area contributed by atoms with Gasteiger partial charge in [-0.15, -0.1) is 0 Å². The molecule has 1 aromatic carbocycles. The molecule has 3 rings (SSSR count). The van der Waals surface area contributed by atoms with E-state index in [9.17, 15) is 18.3 Å². The third-order valence-corrected chi connectivity index (χ3v) is 5.76. The Balaban J connectivity index is 2.44. The highest BCUT2D eigenvalue weighted by molar-refractivity contribution is 7.92. The summed E-state index contributed by atoms with van der Waals surface area (Å²) in [5.41, 5.74) is 2.27. The molecule has 0 amide bonds. The summed E-state index contributed by atoms with van der Waals surface area (Å²) in [5, 5.41) is 10.1. The van der Waals surface area contributed by atoms with Crippen molar-refractivity contribution in [1.82, 2.24) is 4.57 Å². The number of hydrogen-bond donors (Lipinski definition) is 1. The van der Waals surface area contributed by atoms with E-state index < -0.39 is 16.0 Å². The van der Waals surface area contributed by atoms with Gasteiger partial charge in [0.25, 0.3) is 0 Å². The van der Waals surface area contributed by atoms with E-state index in [-0.39, 0.29) is 11.3 Å². The van der Waals surface area contributed by atoms with Crippen LogP contribution in [-0.4, -0.2) is 36.9 Å². The molecular formula is C14H16N2O4S. The lowest BCUT2D eigenvalue weighted by atomic mass is 10.1. The van der Waals surface area contributed by atoms with Crippen LogP contribution in [0.4, 0.5) is 5.69 Å². The standard InChI is InChI=1S/C14H16N2O4S/c1-3-16-8-9-4-5-21(19,20)15(2)11-6-10(14(17)18)7-12(16)13(9)11/h6-8H,3-5H2,1-2H3,(H,17,18). The van der Waals surface area contributed by atoms with Crippen molar-refractivity contribution in [2.24, 2.45) is 0 Å². The maximum absolute atomic E-state index is 12.2. The smallest absolute Gasteiger partial charge is 0.335 e. The minimum Gasteiger partial charge on any atom is -0.478 e. The van der Waals surface area contributed by atoms with Gasteiger partial charge in [0.1, 0.15) is 0 Å². The predicted molar refractivity (Wildman–Crippen MR) is 80.5 cm³/mol. The number of aryl methyl sites for hydroxylation is 2. The summed E-state index contributed by atoms with van der Waals surface area (Å²) in [6.45, 7) is 2.68. The monoisotopic (exact) mass is 308 g/mol. The summed E-state index contributed by atoms with van der Waals surface area (Å²) in [4.78, 5) is 11.3. The molecule has 1 N–H and O–H groups in total. The Kier molecular flexibility index (Phi) is 2.98. The number of aromatic nitrogens is 1. The Morgan fingerprint density at radius 2 is 2.10 bits per heavy atom.